The average Bonchev–Trinajstić information content (AvgIpc) is 3.01. The maximum absolute atomic E-state index is 11.9. The second kappa shape index (κ2) is 5.83. The van der Waals surface area contributed by atoms with E-state index >= 15 is 0 Å². The lowest BCUT2D eigenvalue weighted by molar-refractivity contribution is -0.115. The number of nitrogens with one attached hydrogen (secondary N) is 1. The van der Waals surface area contributed by atoms with Gasteiger partial charge in [-0.1, -0.05) is 17.7 Å². The molecule has 0 aliphatic carbocycles. The van der Waals surface area contributed by atoms with E-state index in [0.29, 0.717) is 15.1 Å². The van der Waals surface area contributed by atoms with Crippen molar-refractivity contribution in [3.05, 3.63) is 56.6 Å². The number of halogens is 1. The van der Waals surface area contributed by atoms with Crippen LogP contribution in [0.1, 0.15) is 5.56 Å². The van der Waals surface area contributed by atoms with E-state index in [2.05, 4.69) is 10.3 Å². The second-order valence-electron chi connectivity index (χ2n) is 4.02. The second-order valence-corrected chi connectivity index (χ2v) is 6.27. The number of amides is 1. The van der Waals surface area contributed by atoms with Crippen LogP contribution in [-0.2, 0) is 4.79 Å². The Balaban J connectivity index is 1.83. The summed E-state index contributed by atoms with van der Waals surface area (Å²) in [5, 5.41) is 7.91. The van der Waals surface area contributed by atoms with E-state index in [1.54, 1.807) is 23.5 Å². The number of hydrogen-bond donors (Lipinski definition) is 1. The van der Waals surface area contributed by atoms with Gasteiger partial charge < -0.3 is 5.32 Å². The molecule has 1 amide bonds. The molecule has 0 bridgehead atoms. The van der Waals surface area contributed by atoms with Gasteiger partial charge >= 0.3 is 0 Å². The first-order valence-corrected chi connectivity index (χ1v) is 7.92. The number of carbonyl (C=O) groups is 1. The third-order valence-electron chi connectivity index (χ3n) is 2.53. The monoisotopic (exact) mass is 320 g/mol. The summed E-state index contributed by atoms with van der Waals surface area (Å²) in [7, 11) is 0. The molecule has 1 aliphatic rings. The number of aliphatic imine (C=N–C) groups is 1. The van der Waals surface area contributed by atoms with Crippen LogP contribution in [-0.4, -0.2) is 11.1 Å². The van der Waals surface area contributed by atoms with Gasteiger partial charge in [0.05, 0.1) is 10.6 Å². The summed E-state index contributed by atoms with van der Waals surface area (Å²) in [6.07, 6.45) is 1.86. The Labute approximate surface area is 129 Å². The highest BCUT2D eigenvalue weighted by Crippen LogP contribution is 2.29. The van der Waals surface area contributed by atoms with Crippen LogP contribution in [0.5, 0.6) is 0 Å². The van der Waals surface area contributed by atoms with Crippen LogP contribution < -0.4 is 5.32 Å². The van der Waals surface area contributed by atoms with Gasteiger partial charge in [0.15, 0.2) is 5.17 Å². The van der Waals surface area contributed by atoms with Crippen LogP contribution in [0.25, 0.3) is 6.08 Å². The number of hydrogen-bond acceptors (Lipinski definition) is 4. The number of rotatable bonds is 2. The molecule has 0 saturated carbocycles. The van der Waals surface area contributed by atoms with Crippen molar-refractivity contribution in [1.29, 1.82) is 0 Å². The zero-order valence-electron chi connectivity index (χ0n) is 10.2. The summed E-state index contributed by atoms with van der Waals surface area (Å²) in [4.78, 5) is 16.9. The molecule has 1 aromatic heterocycles. The van der Waals surface area contributed by atoms with Crippen molar-refractivity contribution < 1.29 is 4.79 Å². The van der Waals surface area contributed by atoms with Crippen molar-refractivity contribution in [2.45, 2.75) is 0 Å². The van der Waals surface area contributed by atoms with Gasteiger partial charge in [0, 0.05) is 5.02 Å². The van der Waals surface area contributed by atoms with E-state index in [4.69, 9.17) is 11.6 Å². The highest BCUT2D eigenvalue weighted by atomic mass is 35.5. The maximum Gasteiger partial charge on any atom is 0.264 e. The summed E-state index contributed by atoms with van der Waals surface area (Å²) in [5.74, 6) is -0.123. The molecular weight excluding hydrogens is 312 g/mol. The van der Waals surface area contributed by atoms with E-state index in [9.17, 15) is 4.79 Å². The number of benzene rings is 1. The van der Waals surface area contributed by atoms with Gasteiger partial charge in [0.1, 0.15) is 0 Å². The van der Waals surface area contributed by atoms with Gasteiger partial charge in [0.2, 0.25) is 0 Å². The van der Waals surface area contributed by atoms with Gasteiger partial charge in [-0.25, -0.2) is 4.99 Å². The topological polar surface area (TPSA) is 41.5 Å². The Morgan fingerprint density at radius 2 is 2.20 bits per heavy atom. The fourth-order valence-corrected chi connectivity index (χ4v) is 3.30. The molecule has 2 heterocycles. The van der Waals surface area contributed by atoms with Crippen LogP contribution in [0, 0.1) is 0 Å². The molecule has 6 heteroatoms. The minimum atomic E-state index is -0.123. The molecule has 1 aliphatic heterocycles. The summed E-state index contributed by atoms with van der Waals surface area (Å²) >= 11 is 8.84. The Morgan fingerprint density at radius 1 is 1.30 bits per heavy atom. The Kier molecular flexibility index (Phi) is 3.91. The van der Waals surface area contributed by atoms with Crippen molar-refractivity contribution in [2.24, 2.45) is 4.99 Å². The molecule has 3 rings (SSSR count). The highest BCUT2D eigenvalue weighted by Gasteiger charge is 2.23. The van der Waals surface area contributed by atoms with E-state index in [0.717, 1.165) is 11.3 Å². The van der Waals surface area contributed by atoms with Crippen LogP contribution in [0.3, 0.4) is 0 Å². The molecule has 20 heavy (non-hydrogen) atoms. The average molecular weight is 321 g/mol. The normalized spacial score (nSPS) is 18.8. The zero-order chi connectivity index (χ0) is 13.9. The Bertz CT molecular complexity index is 708. The molecule has 0 spiro atoms. The molecule has 0 radical (unpaired) electrons. The Morgan fingerprint density at radius 3 is 2.95 bits per heavy atom. The Hall–Kier alpha value is -1.56. The van der Waals surface area contributed by atoms with Gasteiger partial charge in [-0.05, 0) is 58.4 Å². The predicted molar refractivity (Wildman–Crippen MR) is 86.6 cm³/mol. The van der Waals surface area contributed by atoms with Crippen LogP contribution in [0.2, 0.25) is 5.02 Å². The maximum atomic E-state index is 11.9. The van der Waals surface area contributed by atoms with Crippen LogP contribution in [0.4, 0.5) is 5.69 Å². The van der Waals surface area contributed by atoms with E-state index in [1.807, 2.05) is 35.0 Å². The lowest BCUT2D eigenvalue weighted by atomic mass is 10.3. The molecule has 2 aromatic rings. The van der Waals surface area contributed by atoms with E-state index in [-0.39, 0.29) is 5.91 Å². The number of thiophene rings is 1. The first kappa shape index (κ1) is 13.4. The highest BCUT2D eigenvalue weighted by molar-refractivity contribution is 8.18. The van der Waals surface area contributed by atoms with Crippen molar-refractivity contribution in [1.82, 2.24) is 5.32 Å². The van der Waals surface area contributed by atoms with Crippen molar-refractivity contribution in [3.8, 4) is 0 Å². The van der Waals surface area contributed by atoms with Crippen molar-refractivity contribution in [3.63, 3.8) is 0 Å². The summed E-state index contributed by atoms with van der Waals surface area (Å²) in [6.45, 7) is 0. The van der Waals surface area contributed by atoms with Crippen LogP contribution >= 0.6 is 34.7 Å². The number of amidine groups is 1. The summed E-state index contributed by atoms with van der Waals surface area (Å²) in [5.41, 5.74) is 1.74. The summed E-state index contributed by atoms with van der Waals surface area (Å²) in [6, 6.07) is 9.17. The van der Waals surface area contributed by atoms with Crippen molar-refractivity contribution in [2.75, 3.05) is 0 Å². The molecule has 1 saturated heterocycles. The largest absolute Gasteiger partial charge is 0.300 e. The first-order chi connectivity index (χ1) is 9.70. The molecule has 1 aromatic carbocycles. The summed E-state index contributed by atoms with van der Waals surface area (Å²) < 4.78 is 0. The molecule has 3 nitrogen and oxygen atoms in total. The lowest BCUT2D eigenvalue weighted by Gasteiger charge is -1.96. The molecule has 1 fully saturated rings. The minimum Gasteiger partial charge on any atom is -0.300 e. The smallest absolute Gasteiger partial charge is 0.264 e. The SMILES string of the molecule is O=C1NC(=Nc2cccc(Cl)c2)S/C1=C/c1ccsc1. The molecule has 0 unspecified atom stereocenters. The van der Waals surface area contributed by atoms with E-state index in [1.165, 1.54) is 11.8 Å². The standard InChI is InChI=1S/C14H9ClN2OS2/c15-10-2-1-3-11(7-10)16-14-17-13(18)12(20-14)6-9-4-5-19-8-9/h1-8H,(H,16,17,18)/b12-6+. The number of nitrogens with zero attached hydrogens (tertiary/aromatic N) is 1. The molecule has 0 atom stereocenters. The van der Waals surface area contributed by atoms with Gasteiger partial charge in [-0.2, -0.15) is 11.3 Å². The lowest BCUT2D eigenvalue weighted by Crippen LogP contribution is -2.19. The van der Waals surface area contributed by atoms with Gasteiger partial charge in [0.25, 0.3) is 5.91 Å². The fraction of sp³-hybridized carbons (Fsp3) is 0. The third-order valence-corrected chi connectivity index (χ3v) is 4.38. The van der Waals surface area contributed by atoms with E-state index < -0.39 is 0 Å². The van der Waals surface area contributed by atoms with Gasteiger partial charge in [-0.3, -0.25) is 4.79 Å². The zero-order valence-corrected chi connectivity index (χ0v) is 12.6. The quantitative estimate of drug-likeness (QED) is 0.838. The van der Waals surface area contributed by atoms with Crippen LogP contribution in [0.15, 0.2) is 51.0 Å². The fourth-order valence-electron chi connectivity index (χ4n) is 1.65. The minimum absolute atomic E-state index is 0.123. The predicted octanol–water partition coefficient (Wildman–Crippen LogP) is 4.29. The van der Waals surface area contributed by atoms with Gasteiger partial charge in [-0.15, -0.1) is 0 Å². The molecular formula is C14H9ClN2OS2. The third kappa shape index (κ3) is 3.12. The molecule has 1 N–H and O–H groups in total. The number of thioether (sulfide) groups is 1. The molecule has 100 valence electrons. The number of carbonyl (C=O) groups excluding carboxylic acids is 1. The first-order valence-electron chi connectivity index (χ1n) is 5.78. The van der Waals surface area contributed by atoms with Crippen molar-refractivity contribution >= 4 is 57.5 Å².